The maximum atomic E-state index is 11.0. The van der Waals surface area contributed by atoms with Crippen LogP contribution >= 0.6 is 11.8 Å². The van der Waals surface area contributed by atoms with Gasteiger partial charge in [0.1, 0.15) is 0 Å². The fourth-order valence-electron chi connectivity index (χ4n) is 1.84. The van der Waals surface area contributed by atoms with Crippen molar-refractivity contribution in [3.8, 4) is 0 Å². The molecule has 20 heavy (non-hydrogen) atoms. The number of hydrogen-bond acceptors (Lipinski definition) is 4. The number of hydrogen-bond donors (Lipinski definition) is 3. The van der Waals surface area contributed by atoms with Gasteiger partial charge in [0.2, 0.25) is 0 Å². The van der Waals surface area contributed by atoms with Gasteiger partial charge >= 0.3 is 5.97 Å². The van der Waals surface area contributed by atoms with Gasteiger partial charge in [-0.1, -0.05) is 12.1 Å². The quantitative estimate of drug-likeness (QED) is 0.643. The summed E-state index contributed by atoms with van der Waals surface area (Å²) < 4.78 is 0. The molecule has 0 aliphatic heterocycles. The molecule has 0 spiro atoms. The van der Waals surface area contributed by atoms with Crippen molar-refractivity contribution in [1.29, 1.82) is 0 Å². The van der Waals surface area contributed by atoms with Crippen LogP contribution in [0.4, 0.5) is 5.69 Å². The molecule has 0 radical (unpaired) electrons. The zero-order chi connectivity index (χ0) is 14.1. The number of imidazole rings is 1. The van der Waals surface area contributed by atoms with Crippen molar-refractivity contribution in [2.75, 3.05) is 5.73 Å². The number of carboxylic acids is 1. The van der Waals surface area contributed by atoms with Gasteiger partial charge in [-0.3, -0.25) is 0 Å². The number of fused-ring (bicyclic) bond motifs is 1. The van der Waals surface area contributed by atoms with E-state index < -0.39 is 5.97 Å². The molecule has 3 aromatic rings. The topological polar surface area (TPSA) is 92.0 Å². The number of nitrogen functional groups attached to an aromatic ring is 1. The minimum absolute atomic E-state index is 0.206. The summed E-state index contributed by atoms with van der Waals surface area (Å²) in [7, 11) is 0. The van der Waals surface area contributed by atoms with E-state index in [1.807, 2.05) is 24.3 Å². The van der Waals surface area contributed by atoms with Crippen LogP contribution < -0.4 is 5.73 Å². The van der Waals surface area contributed by atoms with Crippen molar-refractivity contribution >= 4 is 34.5 Å². The van der Waals surface area contributed by atoms with Crippen LogP contribution in [0.2, 0.25) is 0 Å². The van der Waals surface area contributed by atoms with E-state index in [2.05, 4.69) is 9.97 Å². The molecule has 0 saturated heterocycles. The van der Waals surface area contributed by atoms with Gasteiger partial charge < -0.3 is 15.8 Å². The van der Waals surface area contributed by atoms with E-state index in [-0.39, 0.29) is 5.56 Å². The molecule has 4 N–H and O–H groups in total. The number of aromatic nitrogens is 2. The number of nitrogens with two attached hydrogens (primary N) is 1. The lowest BCUT2D eigenvalue weighted by atomic mass is 10.2. The maximum absolute atomic E-state index is 11.0. The highest BCUT2D eigenvalue weighted by molar-refractivity contribution is 7.99. The van der Waals surface area contributed by atoms with Gasteiger partial charge in [-0.15, -0.1) is 0 Å². The van der Waals surface area contributed by atoms with Crippen LogP contribution in [0.1, 0.15) is 10.4 Å². The molecule has 2 aromatic carbocycles. The van der Waals surface area contributed by atoms with E-state index >= 15 is 0 Å². The molecule has 6 heteroatoms. The van der Waals surface area contributed by atoms with E-state index in [4.69, 9.17) is 10.8 Å². The number of nitrogens with zero attached hydrogens (tertiary/aromatic N) is 1. The SMILES string of the molecule is Nc1ccc(C(=O)O)cc1Sc1nc2ccccc2[nH]1. The zero-order valence-corrected chi connectivity index (χ0v) is 11.1. The van der Waals surface area contributed by atoms with Crippen molar-refractivity contribution in [2.24, 2.45) is 0 Å². The van der Waals surface area contributed by atoms with Crippen LogP contribution in [-0.2, 0) is 0 Å². The number of carbonyl (C=O) groups is 1. The van der Waals surface area contributed by atoms with Crippen LogP contribution in [0.25, 0.3) is 11.0 Å². The second-order valence-electron chi connectivity index (χ2n) is 4.22. The summed E-state index contributed by atoms with van der Waals surface area (Å²) in [5.74, 6) is -0.976. The minimum Gasteiger partial charge on any atom is -0.478 e. The Labute approximate surface area is 118 Å². The number of rotatable bonds is 3. The molecule has 0 unspecified atom stereocenters. The van der Waals surface area contributed by atoms with Gasteiger partial charge in [0, 0.05) is 10.6 Å². The third kappa shape index (κ3) is 2.33. The molecule has 1 heterocycles. The first kappa shape index (κ1) is 12.6. The fraction of sp³-hybridized carbons (Fsp3) is 0. The second kappa shape index (κ2) is 4.90. The van der Waals surface area contributed by atoms with Gasteiger partial charge in [-0.25, -0.2) is 9.78 Å². The third-order valence-electron chi connectivity index (χ3n) is 2.83. The highest BCUT2D eigenvalue weighted by Crippen LogP contribution is 2.32. The summed E-state index contributed by atoms with van der Waals surface area (Å²) in [5.41, 5.74) is 8.41. The number of aromatic amines is 1. The molecule has 0 amide bonds. The third-order valence-corrected chi connectivity index (χ3v) is 3.79. The lowest BCUT2D eigenvalue weighted by Crippen LogP contribution is -1.98. The molecule has 100 valence electrons. The monoisotopic (exact) mass is 285 g/mol. The highest BCUT2D eigenvalue weighted by atomic mass is 32.2. The first-order chi connectivity index (χ1) is 9.63. The first-order valence-electron chi connectivity index (χ1n) is 5.89. The Hall–Kier alpha value is -2.47. The molecule has 3 rings (SSSR count). The summed E-state index contributed by atoms with van der Waals surface area (Å²) in [6.45, 7) is 0. The van der Waals surface area contributed by atoms with Gasteiger partial charge in [0.05, 0.1) is 16.6 Å². The molecule has 0 aliphatic rings. The second-order valence-corrected chi connectivity index (χ2v) is 5.25. The van der Waals surface area contributed by atoms with Crippen LogP contribution in [0.3, 0.4) is 0 Å². The Morgan fingerprint density at radius 1 is 1.25 bits per heavy atom. The first-order valence-corrected chi connectivity index (χ1v) is 6.70. The van der Waals surface area contributed by atoms with Crippen molar-refractivity contribution in [2.45, 2.75) is 10.1 Å². The summed E-state index contributed by atoms with van der Waals surface area (Å²) in [4.78, 5) is 19.3. The minimum atomic E-state index is -0.976. The van der Waals surface area contributed by atoms with Crippen LogP contribution in [0.15, 0.2) is 52.5 Å². The van der Waals surface area contributed by atoms with E-state index in [9.17, 15) is 4.79 Å². The highest BCUT2D eigenvalue weighted by Gasteiger charge is 2.10. The Bertz CT molecular complexity index is 765. The van der Waals surface area contributed by atoms with Crippen molar-refractivity contribution in [3.63, 3.8) is 0 Å². The molecule has 0 bridgehead atoms. The summed E-state index contributed by atoms with van der Waals surface area (Å²) >= 11 is 1.32. The Morgan fingerprint density at radius 3 is 2.80 bits per heavy atom. The Balaban J connectivity index is 1.97. The number of nitrogens with one attached hydrogen (secondary N) is 1. The van der Waals surface area contributed by atoms with E-state index in [1.54, 1.807) is 12.1 Å². The molecule has 0 atom stereocenters. The predicted molar refractivity (Wildman–Crippen MR) is 78.0 cm³/mol. The number of para-hydroxylation sites is 2. The number of H-pyrrole nitrogens is 1. The van der Waals surface area contributed by atoms with Gasteiger partial charge in [0.15, 0.2) is 5.16 Å². The maximum Gasteiger partial charge on any atom is 0.335 e. The molecule has 0 saturated carbocycles. The molecule has 0 fully saturated rings. The van der Waals surface area contributed by atoms with Gasteiger partial charge in [0.25, 0.3) is 0 Å². The summed E-state index contributed by atoms with van der Waals surface area (Å²) in [6.07, 6.45) is 0. The van der Waals surface area contributed by atoms with Crippen LogP contribution in [0.5, 0.6) is 0 Å². The molecular weight excluding hydrogens is 274 g/mol. The largest absolute Gasteiger partial charge is 0.478 e. The fourth-order valence-corrected chi connectivity index (χ4v) is 2.72. The lowest BCUT2D eigenvalue weighted by molar-refractivity contribution is 0.0696. The van der Waals surface area contributed by atoms with Crippen LogP contribution in [0, 0.1) is 0 Å². The standard InChI is InChI=1S/C14H11N3O2S/c15-9-6-5-8(13(18)19)7-12(9)20-14-16-10-3-1-2-4-11(10)17-14/h1-7H,15H2,(H,16,17)(H,18,19). The lowest BCUT2D eigenvalue weighted by Gasteiger charge is -2.04. The molecule has 1 aromatic heterocycles. The predicted octanol–water partition coefficient (Wildman–Crippen LogP) is 2.99. The van der Waals surface area contributed by atoms with E-state index in [1.165, 1.54) is 17.8 Å². The smallest absolute Gasteiger partial charge is 0.335 e. The number of carboxylic acid groups (broad SMARTS) is 1. The average molecular weight is 285 g/mol. The van der Waals surface area contributed by atoms with Crippen molar-refractivity contribution < 1.29 is 9.90 Å². The van der Waals surface area contributed by atoms with Crippen molar-refractivity contribution in [1.82, 2.24) is 9.97 Å². The van der Waals surface area contributed by atoms with Gasteiger partial charge in [-0.2, -0.15) is 0 Å². The average Bonchev–Trinajstić information content (AvgIpc) is 2.83. The normalized spacial score (nSPS) is 10.8. The summed E-state index contributed by atoms with van der Waals surface area (Å²) in [6, 6.07) is 12.3. The molecular formula is C14H11N3O2S. The number of aromatic carboxylic acids is 1. The van der Waals surface area contributed by atoms with Crippen LogP contribution in [-0.4, -0.2) is 21.0 Å². The Kier molecular flexibility index (Phi) is 3.08. The van der Waals surface area contributed by atoms with E-state index in [0.29, 0.717) is 15.7 Å². The molecule has 5 nitrogen and oxygen atoms in total. The zero-order valence-electron chi connectivity index (χ0n) is 10.3. The molecule has 0 aliphatic carbocycles. The number of anilines is 1. The van der Waals surface area contributed by atoms with Crippen molar-refractivity contribution in [3.05, 3.63) is 48.0 Å². The van der Waals surface area contributed by atoms with E-state index in [0.717, 1.165) is 11.0 Å². The Morgan fingerprint density at radius 2 is 2.05 bits per heavy atom. The summed E-state index contributed by atoms with van der Waals surface area (Å²) in [5, 5.41) is 9.69. The van der Waals surface area contributed by atoms with Gasteiger partial charge in [-0.05, 0) is 42.1 Å². The number of benzene rings is 2.